The summed E-state index contributed by atoms with van der Waals surface area (Å²) in [5.74, 6) is -0.977. The third-order valence-electron chi connectivity index (χ3n) is 2.43. The lowest BCUT2D eigenvalue weighted by Crippen LogP contribution is -2.14. The van der Waals surface area contributed by atoms with Crippen molar-refractivity contribution >= 4 is 28.1 Å². The number of nitrogens with zero attached hydrogens (tertiary/aromatic N) is 2. The second kappa shape index (κ2) is 6.63. The van der Waals surface area contributed by atoms with Crippen LogP contribution < -0.4 is 10.6 Å². The van der Waals surface area contributed by atoms with Gasteiger partial charge >= 0.3 is 0 Å². The number of aryl methyl sites for hydroxylation is 1. The Morgan fingerprint density at radius 2 is 2.14 bits per heavy atom. The second-order valence-electron chi connectivity index (χ2n) is 4.07. The van der Waals surface area contributed by atoms with Crippen LogP contribution in [0.3, 0.4) is 0 Å². The number of halogens is 1. The number of carbonyl (C=O) groups is 1. The quantitative estimate of drug-likeness (QED) is 0.672. The Morgan fingerprint density at radius 1 is 1.43 bits per heavy atom. The summed E-state index contributed by atoms with van der Waals surface area (Å²) in [6.07, 6.45) is 1.29. The molecule has 0 atom stereocenters. The zero-order valence-corrected chi connectivity index (χ0v) is 11.9. The van der Waals surface area contributed by atoms with Gasteiger partial charge < -0.3 is 10.6 Å². The summed E-state index contributed by atoms with van der Waals surface area (Å²) in [5.41, 5.74) is 1.16. The van der Waals surface area contributed by atoms with Gasteiger partial charge in [0.25, 0.3) is 5.91 Å². The minimum absolute atomic E-state index is 0.104. The molecule has 5 nitrogen and oxygen atoms in total. The number of rotatable bonds is 4. The van der Waals surface area contributed by atoms with Crippen LogP contribution in [0.1, 0.15) is 5.69 Å². The number of amides is 1. The maximum atomic E-state index is 12.8. The van der Waals surface area contributed by atoms with Crippen LogP contribution in [0.4, 0.5) is 15.2 Å². The van der Waals surface area contributed by atoms with E-state index in [4.69, 9.17) is 5.26 Å². The molecule has 0 unspecified atom stereocenters. The van der Waals surface area contributed by atoms with Crippen molar-refractivity contribution in [3.8, 4) is 6.07 Å². The van der Waals surface area contributed by atoms with Crippen LogP contribution >= 0.6 is 11.3 Å². The predicted molar refractivity (Wildman–Crippen MR) is 79.2 cm³/mol. The Bertz CT molecular complexity index is 715. The van der Waals surface area contributed by atoms with Gasteiger partial charge in [-0.2, -0.15) is 5.26 Å². The molecule has 2 rings (SSSR count). The van der Waals surface area contributed by atoms with Gasteiger partial charge in [-0.25, -0.2) is 9.37 Å². The third-order valence-corrected chi connectivity index (χ3v) is 3.32. The number of hydrogen-bond acceptors (Lipinski definition) is 5. The van der Waals surface area contributed by atoms with E-state index in [0.717, 1.165) is 5.69 Å². The van der Waals surface area contributed by atoms with E-state index in [1.54, 1.807) is 6.07 Å². The number of nitriles is 1. The van der Waals surface area contributed by atoms with Gasteiger partial charge in [-0.05, 0) is 31.2 Å². The molecule has 1 heterocycles. The normalized spacial score (nSPS) is 10.8. The molecule has 7 heteroatoms. The number of benzene rings is 1. The average Bonchev–Trinajstić information content (AvgIpc) is 2.88. The van der Waals surface area contributed by atoms with Crippen LogP contribution in [0.25, 0.3) is 0 Å². The van der Waals surface area contributed by atoms with Crippen molar-refractivity contribution in [1.29, 1.82) is 5.26 Å². The van der Waals surface area contributed by atoms with E-state index in [1.165, 1.54) is 41.8 Å². The van der Waals surface area contributed by atoms with Gasteiger partial charge in [0.2, 0.25) is 0 Å². The first-order valence-electron chi connectivity index (χ1n) is 5.94. The molecule has 0 bridgehead atoms. The highest BCUT2D eigenvalue weighted by molar-refractivity contribution is 7.13. The van der Waals surface area contributed by atoms with Gasteiger partial charge in [0, 0.05) is 17.3 Å². The predicted octanol–water partition coefficient (Wildman–Crippen LogP) is 3.05. The fourth-order valence-corrected chi connectivity index (χ4v) is 2.09. The number of aromatic nitrogens is 1. The van der Waals surface area contributed by atoms with Gasteiger partial charge in [-0.1, -0.05) is 0 Å². The van der Waals surface area contributed by atoms with E-state index in [2.05, 4.69) is 15.6 Å². The first kappa shape index (κ1) is 14.7. The molecule has 1 aromatic heterocycles. The molecule has 21 heavy (non-hydrogen) atoms. The standard InChI is InChI=1S/C14H11FN4OS/c1-9-8-21-14(18-9)17-7-10(6-16)13(20)19-12-4-2-11(15)3-5-12/h2-5,7-8H,1H3,(H,17,18)(H,19,20)/b10-7-. The van der Waals surface area contributed by atoms with Gasteiger partial charge in [-0.3, -0.25) is 4.79 Å². The summed E-state index contributed by atoms with van der Waals surface area (Å²) >= 11 is 1.37. The lowest BCUT2D eigenvalue weighted by Gasteiger charge is -2.04. The maximum Gasteiger partial charge on any atom is 0.267 e. The summed E-state index contributed by atoms with van der Waals surface area (Å²) < 4.78 is 12.8. The molecule has 0 aliphatic carbocycles. The van der Waals surface area contributed by atoms with Gasteiger partial charge in [-0.15, -0.1) is 11.3 Å². The molecule has 0 aliphatic heterocycles. The minimum atomic E-state index is -0.579. The Hall–Kier alpha value is -2.72. The van der Waals surface area contributed by atoms with E-state index in [-0.39, 0.29) is 5.57 Å². The van der Waals surface area contributed by atoms with Crippen LogP contribution in [-0.4, -0.2) is 10.9 Å². The molecule has 106 valence electrons. The van der Waals surface area contributed by atoms with Crippen molar-refractivity contribution in [2.24, 2.45) is 0 Å². The first-order valence-corrected chi connectivity index (χ1v) is 6.82. The fourth-order valence-electron chi connectivity index (χ4n) is 1.43. The number of thiazole rings is 1. The highest BCUT2D eigenvalue weighted by Crippen LogP contribution is 2.15. The Labute approximate surface area is 124 Å². The Morgan fingerprint density at radius 3 is 2.71 bits per heavy atom. The molecule has 2 N–H and O–H groups in total. The molecular weight excluding hydrogens is 291 g/mol. The summed E-state index contributed by atoms with van der Waals surface area (Å²) in [6.45, 7) is 1.85. The SMILES string of the molecule is Cc1csc(N/C=C(/C#N)C(=O)Nc2ccc(F)cc2)n1. The number of anilines is 2. The highest BCUT2D eigenvalue weighted by Gasteiger charge is 2.09. The molecule has 2 aromatic rings. The van der Waals surface area contributed by atoms with Crippen molar-refractivity contribution in [2.45, 2.75) is 6.92 Å². The van der Waals surface area contributed by atoms with Crippen molar-refractivity contribution in [3.63, 3.8) is 0 Å². The lowest BCUT2D eigenvalue weighted by atomic mass is 10.2. The van der Waals surface area contributed by atoms with Crippen LogP contribution in [0.2, 0.25) is 0 Å². The maximum absolute atomic E-state index is 12.8. The van der Waals surface area contributed by atoms with E-state index in [1.807, 2.05) is 12.3 Å². The van der Waals surface area contributed by atoms with Crippen molar-refractivity contribution in [2.75, 3.05) is 10.6 Å². The van der Waals surface area contributed by atoms with Crippen molar-refractivity contribution in [1.82, 2.24) is 4.98 Å². The molecule has 0 aliphatic rings. The molecule has 1 amide bonds. The Kier molecular flexibility index (Phi) is 4.64. The van der Waals surface area contributed by atoms with E-state index < -0.39 is 11.7 Å². The van der Waals surface area contributed by atoms with Crippen molar-refractivity contribution in [3.05, 3.63) is 52.9 Å². The highest BCUT2D eigenvalue weighted by atomic mass is 32.1. The Balaban J connectivity index is 2.04. The zero-order valence-electron chi connectivity index (χ0n) is 11.1. The number of hydrogen-bond donors (Lipinski definition) is 2. The second-order valence-corrected chi connectivity index (χ2v) is 4.93. The van der Waals surface area contributed by atoms with Crippen molar-refractivity contribution < 1.29 is 9.18 Å². The monoisotopic (exact) mass is 302 g/mol. The number of carbonyl (C=O) groups excluding carboxylic acids is 1. The first-order chi connectivity index (χ1) is 10.1. The molecule has 0 spiro atoms. The van der Waals surface area contributed by atoms with Gasteiger partial charge in [0.1, 0.15) is 17.5 Å². The number of nitrogens with one attached hydrogen (secondary N) is 2. The van der Waals surface area contributed by atoms with E-state index >= 15 is 0 Å². The molecule has 0 fully saturated rings. The van der Waals surface area contributed by atoms with E-state index in [0.29, 0.717) is 10.8 Å². The van der Waals surface area contributed by atoms with Gasteiger partial charge in [0.15, 0.2) is 5.13 Å². The molecular formula is C14H11FN4OS. The minimum Gasteiger partial charge on any atom is -0.337 e. The topological polar surface area (TPSA) is 77.8 Å². The summed E-state index contributed by atoms with van der Waals surface area (Å²) in [4.78, 5) is 16.1. The summed E-state index contributed by atoms with van der Waals surface area (Å²) in [7, 11) is 0. The average molecular weight is 302 g/mol. The lowest BCUT2D eigenvalue weighted by molar-refractivity contribution is -0.112. The van der Waals surface area contributed by atoms with Crippen LogP contribution in [-0.2, 0) is 4.79 Å². The van der Waals surface area contributed by atoms with Gasteiger partial charge in [0.05, 0.1) is 5.69 Å². The zero-order chi connectivity index (χ0) is 15.2. The van der Waals surface area contributed by atoms with E-state index in [9.17, 15) is 9.18 Å². The fraction of sp³-hybridized carbons (Fsp3) is 0.0714. The molecule has 0 saturated heterocycles. The summed E-state index contributed by atoms with van der Waals surface area (Å²) in [6, 6.07) is 7.08. The molecule has 0 saturated carbocycles. The molecule has 1 aromatic carbocycles. The van der Waals surface area contributed by atoms with Crippen LogP contribution in [0, 0.1) is 24.1 Å². The largest absolute Gasteiger partial charge is 0.337 e. The van der Waals surface area contributed by atoms with Crippen LogP contribution in [0.5, 0.6) is 0 Å². The molecule has 0 radical (unpaired) electrons. The smallest absolute Gasteiger partial charge is 0.267 e. The summed E-state index contributed by atoms with van der Waals surface area (Å²) in [5, 5.41) is 16.7. The third kappa shape index (κ3) is 4.12. The van der Waals surface area contributed by atoms with Crippen LogP contribution in [0.15, 0.2) is 41.4 Å².